The fourth-order valence-corrected chi connectivity index (χ4v) is 1.02. The average Bonchev–Trinajstić information content (AvgIpc) is 2.14. The quantitative estimate of drug-likeness (QED) is 0.353. The van der Waals surface area contributed by atoms with Gasteiger partial charge in [-0.3, -0.25) is 0 Å². The molecule has 0 amide bonds. The van der Waals surface area contributed by atoms with E-state index >= 15 is 0 Å². The van der Waals surface area contributed by atoms with Gasteiger partial charge in [0.15, 0.2) is 0 Å². The summed E-state index contributed by atoms with van der Waals surface area (Å²) in [7, 11) is 0. The van der Waals surface area contributed by atoms with Gasteiger partial charge in [0.05, 0.1) is 6.61 Å². The van der Waals surface area contributed by atoms with Gasteiger partial charge >= 0.3 is 0 Å². The third-order valence-electron chi connectivity index (χ3n) is 1.99. The predicted molar refractivity (Wildman–Crippen MR) is 60.0 cm³/mol. The maximum Gasteiger partial charge on any atom is 0.119 e. The first kappa shape index (κ1) is 13.4. The summed E-state index contributed by atoms with van der Waals surface area (Å²) in [6.07, 6.45) is 5.86. The van der Waals surface area contributed by atoms with E-state index < -0.39 is 0 Å². The number of hydrogen-bond acceptors (Lipinski definition) is 2. The topological polar surface area (TPSA) is 18.5 Å². The summed E-state index contributed by atoms with van der Waals surface area (Å²) in [5, 5.41) is 0. The lowest BCUT2D eigenvalue weighted by Gasteiger charge is -2.23. The van der Waals surface area contributed by atoms with Crippen molar-refractivity contribution in [3.05, 3.63) is 24.3 Å². The molecule has 0 saturated carbocycles. The molecule has 82 valence electrons. The van der Waals surface area contributed by atoms with Crippen molar-refractivity contribution in [1.29, 1.82) is 0 Å². The van der Waals surface area contributed by atoms with Gasteiger partial charge in [0.25, 0.3) is 0 Å². The number of rotatable bonds is 7. The molecule has 0 aromatic rings. The van der Waals surface area contributed by atoms with Crippen LogP contribution in [0.5, 0.6) is 0 Å². The molecule has 0 saturated heterocycles. The van der Waals surface area contributed by atoms with Crippen LogP contribution in [-0.2, 0) is 9.78 Å². The van der Waals surface area contributed by atoms with Gasteiger partial charge in [-0.15, -0.1) is 6.58 Å². The lowest BCUT2D eigenvalue weighted by atomic mass is 10.00. The highest BCUT2D eigenvalue weighted by Gasteiger charge is 2.21. The highest BCUT2D eigenvalue weighted by molar-refractivity contribution is 4.98. The van der Waals surface area contributed by atoms with Crippen molar-refractivity contribution >= 4 is 0 Å². The van der Waals surface area contributed by atoms with Crippen molar-refractivity contribution in [1.82, 2.24) is 0 Å². The molecule has 14 heavy (non-hydrogen) atoms. The van der Waals surface area contributed by atoms with Crippen LogP contribution in [0.3, 0.4) is 0 Å². The third-order valence-corrected chi connectivity index (χ3v) is 1.99. The van der Waals surface area contributed by atoms with E-state index in [1.165, 1.54) is 5.57 Å². The molecular formula is C12H22O2. The highest BCUT2D eigenvalue weighted by atomic mass is 17.2. The standard InChI is InChI=1S/C12H22O2/c1-6-12(5,14-13-7-2)10-8-9-11(3)4/h6,9H,1,7-8,10H2,2-5H3. The first-order valence-electron chi connectivity index (χ1n) is 5.11. The molecule has 0 fully saturated rings. The van der Waals surface area contributed by atoms with Crippen molar-refractivity contribution < 1.29 is 9.78 Å². The first-order chi connectivity index (χ1) is 6.54. The summed E-state index contributed by atoms with van der Waals surface area (Å²) in [6, 6.07) is 0. The largest absolute Gasteiger partial charge is 0.236 e. The molecule has 0 aliphatic heterocycles. The Labute approximate surface area is 87.5 Å². The molecular weight excluding hydrogens is 176 g/mol. The van der Waals surface area contributed by atoms with Crippen LogP contribution in [0.1, 0.15) is 40.5 Å². The van der Waals surface area contributed by atoms with Gasteiger partial charge in [0, 0.05) is 0 Å². The molecule has 1 unspecified atom stereocenters. The van der Waals surface area contributed by atoms with Crippen molar-refractivity contribution in [3.63, 3.8) is 0 Å². The Hall–Kier alpha value is -0.600. The SMILES string of the molecule is C=CC(C)(CCC=C(C)C)OOCC. The molecule has 0 rings (SSSR count). The molecule has 0 aliphatic carbocycles. The second-order valence-corrected chi connectivity index (χ2v) is 3.83. The maximum absolute atomic E-state index is 5.26. The van der Waals surface area contributed by atoms with Crippen molar-refractivity contribution in [2.45, 2.75) is 46.1 Å². The van der Waals surface area contributed by atoms with E-state index in [9.17, 15) is 0 Å². The van der Waals surface area contributed by atoms with Crippen LogP contribution in [0.2, 0.25) is 0 Å². The Bertz CT molecular complexity index is 192. The minimum atomic E-state index is -0.373. The van der Waals surface area contributed by atoms with E-state index in [1.54, 1.807) is 6.08 Å². The van der Waals surface area contributed by atoms with E-state index in [0.29, 0.717) is 6.61 Å². The fourth-order valence-electron chi connectivity index (χ4n) is 1.02. The van der Waals surface area contributed by atoms with E-state index in [2.05, 4.69) is 26.5 Å². The Morgan fingerprint density at radius 2 is 2.07 bits per heavy atom. The lowest BCUT2D eigenvalue weighted by Crippen LogP contribution is -2.25. The zero-order valence-corrected chi connectivity index (χ0v) is 9.80. The predicted octanol–water partition coefficient (Wildman–Crippen LogP) is 3.65. The van der Waals surface area contributed by atoms with E-state index in [4.69, 9.17) is 9.78 Å². The minimum Gasteiger partial charge on any atom is -0.236 e. The zero-order chi connectivity index (χ0) is 11.0. The fraction of sp³-hybridized carbons (Fsp3) is 0.667. The monoisotopic (exact) mass is 198 g/mol. The van der Waals surface area contributed by atoms with E-state index in [1.807, 2.05) is 13.8 Å². The molecule has 0 spiro atoms. The molecule has 2 heteroatoms. The van der Waals surface area contributed by atoms with Crippen LogP contribution in [0.4, 0.5) is 0 Å². The summed E-state index contributed by atoms with van der Waals surface area (Å²) in [6.45, 7) is 12.4. The van der Waals surface area contributed by atoms with E-state index in [-0.39, 0.29) is 5.60 Å². The average molecular weight is 198 g/mol. The van der Waals surface area contributed by atoms with Gasteiger partial charge < -0.3 is 0 Å². The molecule has 0 aromatic heterocycles. The van der Waals surface area contributed by atoms with Crippen LogP contribution in [-0.4, -0.2) is 12.2 Å². The third kappa shape index (κ3) is 5.95. The van der Waals surface area contributed by atoms with Gasteiger partial charge in [-0.05, 0) is 40.5 Å². The molecule has 1 atom stereocenters. The van der Waals surface area contributed by atoms with Crippen LogP contribution >= 0.6 is 0 Å². The summed E-state index contributed by atoms with van der Waals surface area (Å²) in [5.41, 5.74) is 0.954. The summed E-state index contributed by atoms with van der Waals surface area (Å²) in [5.74, 6) is 0. The first-order valence-corrected chi connectivity index (χ1v) is 5.11. The summed E-state index contributed by atoms with van der Waals surface area (Å²) >= 11 is 0. The van der Waals surface area contributed by atoms with Crippen molar-refractivity contribution in [2.24, 2.45) is 0 Å². The number of allylic oxidation sites excluding steroid dienone is 2. The maximum atomic E-state index is 5.26. The van der Waals surface area contributed by atoms with Crippen molar-refractivity contribution in [2.75, 3.05) is 6.61 Å². The smallest absolute Gasteiger partial charge is 0.119 e. The van der Waals surface area contributed by atoms with Gasteiger partial charge in [-0.2, -0.15) is 0 Å². The lowest BCUT2D eigenvalue weighted by molar-refractivity contribution is -0.342. The Kier molecular flexibility index (Phi) is 6.50. The second kappa shape index (κ2) is 6.80. The van der Waals surface area contributed by atoms with Gasteiger partial charge in [-0.25, -0.2) is 9.78 Å². The summed E-state index contributed by atoms with van der Waals surface area (Å²) < 4.78 is 0. The highest BCUT2D eigenvalue weighted by Crippen LogP contribution is 2.20. The molecule has 0 aromatic carbocycles. The molecule has 0 N–H and O–H groups in total. The Morgan fingerprint density at radius 1 is 1.43 bits per heavy atom. The molecule has 0 heterocycles. The normalized spacial score (nSPS) is 14.6. The van der Waals surface area contributed by atoms with Crippen LogP contribution in [0, 0.1) is 0 Å². The molecule has 2 nitrogen and oxygen atoms in total. The van der Waals surface area contributed by atoms with Crippen LogP contribution in [0.15, 0.2) is 24.3 Å². The number of hydrogen-bond donors (Lipinski definition) is 0. The molecule has 0 radical (unpaired) electrons. The van der Waals surface area contributed by atoms with Crippen molar-refractivity contribution in [3.8, 4) is 0 Å². The summed E-state index contributed by atoms with van der Waals surface area (Å²) in [4.78, 5) is 10.2. The van der Waals surface area contributed by atoms with Gasteiger partial charge in [-0.1, -0.05) is 17.7 Å². The minimum absolute atomic E-state index is 0.373. The molecule has 0 bridgehead atoms. The van der Waals surface area contributed by atoms with Gasteiger partial charge in [0.2, 0.25) is 0 Å². The van der Waals surface area contributed by atoms with E-state index in [0.717, 1.165) is 12.8 Å². The van der Waals surface area contributed by atoms with Gasteiger partial charge in [0.1, 0.15) is 5.60 Å². The molecule has 0 aliphatic rings. The Morgan fingerprint density at radius 3 is 2.50 bits per heavy atom. The zero-order valence-electron chi connectivity index (χ0n) is 9.80. The second-order valence-electron chi connectivity index (χ2n) is 3.83. The van der Waals surface area contributed by atoms with Crippen LogP contribution in [0.25, 0.3) is 0 Å². The Balaban J connectivity index is 3.98. The van der Waals surface area contributed by atoms with Crippen LogP contribution < -0.4 is 0 Å².